The van der Waals surface area contributed by atoms with Crippen LogP contribution in [0.25, 0.3) is 10.1 Å². The highest BCUT2D eigenvalue weighted by molar-refractivity contribution is 8.02. The van der Waals surface area contributed by atoms with Crippen molar-refractivity contribution in [1.82, 2.24) is 15.2 Å². The van der Waals surface area contributed by atoms with E-state index in [2.05, 4.69) is 15.8 Å². The molecule has 0 bridgehead atoms. The van der Waals surface area contributed by atoms with Crippen LogP contribution in [0.5, 0.6) is 0 Å². The molecular formula is C49H44FN5O8S4. The standard InChI is InChI=1S/C49H44FN5O8S4/c1-47(2,3)62-45(61)48(4,5)63-54-38(34-27-66-46(51-34)53-49(29-15-9-6-10-16-29,30-17-11-7-12-18-30)31-19-13-8-14-20-31)41(57)52-39-42(58)55-40(44(59)60)28(26-65-43(39)55)25-64-37-24-35(56)33-22-21-32(50)23-36(33)67-37/h6-24,27,39,43H,25-26H2,1-5H3,(H,51,53)(H,52,57)(H,59,60)/t39?,43-/m0/s1. The molecule has 4 heterocycles. The Kier molecular flexibility index (Phi) is 13.4. The predicted octanol–water partition coefficient (Wildman–Crippen LogP) is 8.63. The quantitative estimate of drug-likeness (QED) is 0.0223. The van der Waals surface area contributed by atoms with Crippen LogP contribution in [-0.2, 0) is 34.3 Å². The number of ether oxygens (including phenoxy) is 1. The summed E-state index contributed by atoms with van der Waals surface area (Å²) in [5, 5.41) is 22.6. The van der Waals surface area contributed by atoms with Gasteiger partial charge in [0.15, 0.2) is 16.3 Å². The molecule has 1 fully saturated rings. The number of fused-ring (bicyclic) bond motifs is 2. The molecule has 67 heavy (non-hydrogen) atoms. The molecule has 13 nitrogen and oxygen atoms in total. The number of rotatable bonds is 15. The molecule has 0 aliphatic carbocycles. The number of thiazole rings is 1. The summed E-state index contributed by atoms with van der Waals surface area (Å²) in [6.45, 7) is 8.02. The lowest BCUT2D eigenvalue weighted by Gasteiger charge is -2.49. The van der Waals surface area contributed by atoms with Crippen molar-refractivity contribution in [3.05, 3.63) is 170 Å². The van der Waals surface area contributed by atoms with Crippen molar-refractivity contribution >= 4 is 90.9 Å². The number of benzene rings is 4. The van der Waals surface area contributed by atoms with Crippen molar-refractivity contribution in [3.63, 3.8) is 0 Å². The number of oxime groups is 1. The molecule has 1 unspecified atom stereocenters. The first-order valence-corrected chi connectivity index (χ1v) is 24.7. The maximum Gasteiger partial charge on any atom is 0.353 e. The predicted molar refractivity (Wildman–Crippen MR) is 261 cm³/mol. The second kappa shape index (κ2) is 19.1. The van der Waals surface area contributed by atoms with Gasteiger partial charge in [0.25, 0.3) is 11.8 Å². The molecule has 2 aliphatic heterocycles. The summed E-state index contributed by atoms with van der Waals surface area (Å²) < 4.78 is 20.6. The average Bonchev–Trinajstić information content (AvgIpc) is 3.76. The number of nitrogens with zero attached hydrogens (tertiary/aromatic N) is 3. The number of esters is 1. The van der Waals surface area contributed by atoms with Crippen molar-refractivity contribution in [2.75, 3.05) is 16.8 Å². The van der Waals surface area contributed by atoms with E-state index in [1.165, 1.54) is 84.3 Å². The van der Waals surface area contributed by atoms with Crippen molar-refractivity contribution < 1.29 is 38.2 Å². The lowest BCUT2D eigenvalue weighted by molar-refractivity contribution is -0.179. The molecule has 4 aromatic carbocycles. The van der Waals surface area contributed by atoms with E-state index >= 15 is 0 Å². The second-order valence-corrected chi connectivity index (χ2v) is 21.4. The molecule has 344 valence electrons. The molecule has 0 radical (unpaired) electrons. The zero-order valence-electron chi connectivity index (χ0n) is 36.8. The molecule has 2 atom stereocenters. The first-order valence-electron chi connectivity index (χ1n) is 20.9. The fourth-order valence-electron chi connectivity index (χ4n) is 7.52. The van der Waals surface area contributed by atoms with E-state index in [4.69, 9.17) is 14.6 Å². The first kappa shape index (κ1) is 47.2. The first-order chi connectivity index (χ1) is 31.9. The molecular weight excluding hydrogens is 934 g/mol. The van der Waals surface area contributed by atoms with Crippen LogP contribution >= 0.6 is 46.2 Å². The zero-order valence-corrected chi connectivity index (χ0v) is 40.0. The molecule has 2 aliphatic rings. The highest BCUT2D eigenvalue weighted by Crippen LogP contribution is 2.43. The molecule has 2 aromatic heterocycles. The SMILES string of the molecule is CC(C)(C)OC(=O)C(C)(C)ON=C(C(=O)NC1C(=O)N2C(C(=O)O)=C(CSc3cc(=O)c4ccc(F)cc4s3)CS[C@@H]12)c1csc(NC(c2ccccc2)(c2ccccc2)c2ccccc2)n1. The fourth-order valence-corrected chi connectivity index (χ4v) is 12.0. The Morgan fingerprint density at radius 2 is 1.51 bits per heavy atom. The number of β-lactam (4-membered cyclic amide) rings is 1. The summed E-state index contributed by atoms with van der Waals surface area (Å²) in [5.41, 5.74) is -1.09. The Labute approximate surface area is 401 Å². The van der Waals surface area contributed by atoms with Crippen LogP contribution in [0.1, 0.15) is 57.0 Å². The average molecular weight is 978 g/mol. The number of thioether (sulfide) groups is 2. The number of carbonyl (C=O) groups is 4. The number of halogens is 1. The molecule has 0 spiro atoms. The number of hydrogen-bond donors (Lipinski definition) is 3. The van der Waals surface area contributed by atoms with Gasteiger partial charge in [0.1, 0.15) is 39.8 Å². The van der Waals surface area contributed by atoms with Crippen molar-refractivity contribution in [2.24, 2.45) is 5.16 Å². The van der Waals surface area contributed by atoms with Gasteiger partial charge in [0.05, 0.1) is 4.21 Å². The number of carbonyl (C=O) groups excluding carboxylic acids is 3. The summed E-state index contributed by atoms with van der Waals surface area (Å²) in [7, 11) is 0. The number of nitrogens with one attached hydrogen (secondary N) is 2. The molecule has 8 rings (SSSR count). The third-order valence-electron chi connectivity index (χ3n) is 10.7. The number of carboxylic acid groups (broad SMARTS) is 1. The Balaban J connectivity index is 1.09. The number of aliphatic carboxylic acids is 1. The number of aromatic nitrogens is 1. The van der Waals surface area contributed by atoms with Gasteiger partial charge in [0, 0.05) is 33.0 Å². The van der Waals surface area contributed by atoms with E-state index in [-0.39, 0.29) is 34.0 Å². The van der Waals surface area contributed by atoms with Gasteiger partial charge in [0.2, 0.25) is 5.60 Å². The molecule has 1 saturated heterocycles. The Hall–Kier alpha value is -6.34. The molecule has 2 amide bonds. The van der Waals surface area contributed by atoms with Crippen LogP contribution in [-0.4, -0.2) is 78.6 Å². The summed E-state index contributed by atoms with van der Waals surface area (Å²) in [6, 6.07) is 33.8. The minimum atomic E-state index is -1.67. The number of carboxylic acids is 1. The van der Waals surface area contributed by atoms with E-state index in [0.29, 0.717) is 25.0 Å². The van der Waals surface area contributed by atoms with Crippen molar-refractivity contribution in [3.8, 4) is 0 Å². The van der Waals surface area contributed by atoms with E-state index in [9.17, 15) is 33.5 Å². The summed E-state index contributed by atoms with van der Waals surface area (Å²) in [4.78, 5) is 79.0. The van der Waals surface area contributed by atoms with Crippen LogP contribution in [0.4, 0.5) is 9.52 Å². The number of anilines is 1. The highest BCUT2D eigenvalue weighted by Gasteiger charge is 2.54. The van der Waals surface area contributed by atoms with Gasteiger partial charge >= 0.3 is 11.9 Å². The van der Waals surface area contributed by atoms with Crippen LogP contribution in [0.3, 0.4) is 0 Å². The van der Waals surface area contributed by atoms with Gasteiger partial charge in [-0.1, -0.05) is 96.2 Å². The summed E-state index contributed by atoms with van der Waals surface area (Å²) in [5.74, 6) is -3.73. The third kappa shape index (κ3) is 9.88. The normalized spacial score (nSPS) is 16.5. The Morgan fingerprint density at radius 1 is 0.896 bits per heavy atom. The van der Waals surface area contributed by atoms with Gasteiger partial charge in [-0.05, 0) is 75.1 Å². The molecule has 3 N–H and O–H groups in total. The van der Waals surface area contributed by atoms with Gasteiger partial charge in [-0.15, -0.1) is 46.2 Å². The van der Waals surface area contributed by atoms with Crippen LogP contribution in [0.2, 0.25) is 0 Å². The number of amides is 2. The zero-order chi connectivity index (χ0) is 47.7. The lowest BCUT2D eigenvalue weighted by atomic mass is 9.77. The molecule has 0 saturated carbocycles. The van der Waals surface area contributed by atoms with Gasteiger partial charge in [-0.3, -0.25) is 19.3 Å². The van der Waals surface area contributed by atoms with Gasteiger partial charge in [-0.25, -0.2) is 19.0 Å². The van der Waals surface area contributed by atoms with E-state index in [0.717, 1.165) is 21.6 Å². The van der Waals surface area contributed by atoms with E-state index < -0.39 is 57.7 Å². The Morgan fingerprint density at radius 3 is 2.09 bits per heavy atom. The molecule has 6 aromatic rings. The minimum absolute atomic E-state index is 0.0668. The maximum atomic E-state index is 14.5. The van der Waals surface area contributed by atoms with Crippen LogP contribution < -0.4 is 16.1 Å². The minimum Gasteiger partial charge on any atom is -0.477 e. The van der Waals surface area contributed by atoms with Crippen LogP contribution in [0, 0.1) is 5.82 Å². The molecule has 18 heteroatoms. The van der Waals surface area contributed by atoms with Gasteiger partial charge in [-0.2, -0.15) is 0 Å². The Bertz CT molecular complexity index is 2900. The maximum absolute atomic E-state index is 14.5. The topological polar surface area (TPSA) is 177 Å². The van der Waals surface area contributed by atoms with E-state index in [1.54, 1.807) is 26.2 Å². The lowest BCUT2D eigenvalue weighted by Crippen LogP contribution is -2.71. The van der Waals surface area contributed by atoms with Gasteiger partial charge < -0.3 is 25.3 Å². The fraction of sp³-hybridized carbons (Fsp3) is 0.245. The summed E-state index contributed by atoms with van der Waals surface area (Å²) in [6.07, 6.45) is 0. The third-order valence-corrected chi connectivity index (χ3v) is 15.2. The smallest absolute Gasteiger partial charge is 0.353 e. The number of hydrogen-bond acceptors (Lipinski definition) is 14. The summed E-state index contributed by atoms with van der Waals surface area (Å²) >= 11 is 4.90. The van der Waals surface area contributed by atoms with Crippen LogP contribution in [0.15, 0.2) is 146 Å². The second-order valence-electron chi connectivity index (χ2n) is 17.0. The van der Waals surface area contributed by atoms with Crippen molar-refractivity contribution in [1.29, 1.82) is 0 Å². The van der Waals surface area contributed by atoms with Crippen molar-refractivity contribution in [2.45, 2.75) is 67.0 Å². The van der Waals surface area contributed by atoms with E-state index in [1.807, 2.05) is 91.0 Å². The largest absolute Gasteiger partial charge is 0.477 e. The monoisotopic (exact) mass is 977 g/mol. The highest BCUT2D eigenvalue weighted by atomic mass is 32.2.